The van der Waals surface area contributed by atoms with Crippen molar-refractivity contribution in [3.05, 3.63) is 35.9 Å². The fourth-order valence-electron chi connectivity index (χ4n) is 1.82. The molecule has 0 aliphatic rings. The van der Waals surface area contributed by atoms with Crippen LogP contribution in [0, 0.1) is 5.92 Å². The lowest BCUT2D eigenvalue weighted by molar-refractivity contribution is -0.00386. The Morgan fingerprint density at radius 3 is 2.50 bits per heavy atom. The smallest absolute Gasteiger partial charge is 0.285 e. The van der Waals surface area contributed by atoms with E-state index in [1.54, 1.807) is 18.2 Å². The van der Waals surface area contributed by atoms with Gasteiger partial charge in [0.1, 0.15) is 0 Å². The minimum absolute atomic E-state index is 0.0582. The molecule has 1 rings (SSSR count). The van der Waals surface area contributed by atoms with Crippen LogP contribution in [0.5, 0.6) is 0 Å². The Kier molecular flexibility index (Phi) is 6.58. The van der Waals surface area contributed by atoms with Crippen LogP contribution in [0.4, 0.5) is 8.78 Å². The molecule has 0 spiro atoms. The van der Waals surface area contributed by atoms with Gasteiger partial charge in [0.05, 0.1) is 6.54 Å². The number of alkyl halides is 3. The quantitative estimate of drug-likeness (QED) is 0.707. The molecule has 0 aromatic heterocycles. The molecule has 1 nitrogen and oxygen atoms in total. The van der Waals surface area contributed by atoms with Gasteiger partial charge in [-0.2, -0.15) is 8.78 Å². The highest BCUT2D eigenvalue weighted by Gasteiger charge is 2.30. The maximum absolute atomic E-state index is 13.8. The first kappa shape index (κ1) is 15.4. The number of hydrogen-bond acceptors (Lipinski definition) is 1. The fourth-order valence-corrected chi connectivity index (χ4v) is 2.13. The van der Waals surface area contributed by atoms with Gasteiger partial charge in [0.15, 0.2) is 0 Å². The van der Waals surface area contributed by atoms with E-state index in [0.717, 1.165) is 12.8 Å². The van der Waals surface area contributed by atoms with Crippen LogP contribution in [-0.4, -0.2) is 19.0 Å². The van der Waals surface area contributed by atoms with E-state index in [-0.39, 0.29) is 12.1 Å². The summed E-state index contributed by atoms with van der Waals surface area (Å²) in [5, 5.41) is 2.85. The first-order valence-corrected chi connectivity index (χ1v) is 6.83. The lowest BCUT2D eigenvalue weighted by Crippen LogP contribution is -2.33. The maximum Gasteiger partial charge on any atom is 0.285 e. The molecule has 1 N–H and O–H groups in total. The van der Waals surface area contributed by atoms with Crippen molar-refractivity contribution in [2.24, 2.45) is 5.92 Å². The first-order valence-electron chi connectivity index (χ1n) is 6.30. The summed E-state index contributed by atoms with van der Waals surface area (Å²) in [5.41, 5.74) is 0.0582. The molecule has 1 unspecified atom stereocenters. The Hall–Kier alpha value is -0.670. The molecule has 1 aromatic carbocycles. The summed E-state index contributed by atoms with van der Waals surface area (Å²) < 4.78 is 27.6. The number of nitrogens with one attached hydrogen (secondary N) is 1. The van der Waals surface area contributed by atoms with Crippen molar-refractivity contribution in [2.45, 2.75) is 25.7 Å². The third-order valence-electron chi connectivity index (χ3n) is 3.07. The van der Waals surface area contributed by atoms with Gasteiger partial charge >= 0.3 is 0 Å². The van der Waals surface area contributed by atoms with Gasteiger partial charge in [-0.3, -0.25) is 0 Å². The van der Waals surface area contributed by atoms with Crippen molar-refractivity contribution in [3.8, 4) is 0 Å². The second-order valence-corrected chi connectivity index (χ2v) is 4.83. The molecule has 18 heavy (non-hydrogen) atoms. The van der Waals surface area contributed by atoms with Crippen molar-refractivity contribution in [1.29, 1.82) is 0 Å². The predicted octanol–water partition coefficient (Wildman–Crippen LogP) is 4.02. The van der Waals surface area contributed by atoms with Crippen molar-refractivity contribution in [1.82, 2.24) is 5.32 Å². The van der Waals surface area contributed by atoms with E-state index in [9.17, 15) is 8.78 Å². The normalized spacial score (nSPS) is 13.6. The largest absolute Gasteiger partial charge is 0.311 e. The molecule has 0 amide bonds. The van der Waals surface area contributed by atoms with Crippen molar-refractivity contribution in [3.63, 3.8) is 0 Å². The van der Waals surface area contributed by atoms with E-state index in [1.807, 2.05) is 6.92 Å². The van der Waals surface area contributed by atoms with Crippen molar-refractivity contribution in [2.75, 3.05) is 19.0 Å². The van der Waals surface area contributed by atoms with E-state index in [0.29, 0.717) is 18.3 Å². The molecule has 1 atom stereocenters. The number of benzene rings is 1. The van der Waals surface area contributed by atoms with E-state index < -0.39 is 5.92 Å². The van der Waals surface area contributed by atoms with Gasteiger partial charge in [-0.15, -0.1) is 11.6 Å². The van der Waals surface area contributed by atoms with E-state index in [2.05, 4.69) is 5.32 Å². The second-order valence-electron chi connectivity index (χ2n) is 4.45. The summed E-state index contributed by atoms with van der Waals surface area (Å²) in [4.78, 5) is 0. The monoisotopic (exact) mass is 275 g/mol. The first-order chi connectivity index (χ1) is 8.60. The summed E-state index contributed by atoms with van der Waals surface area (Å²) in [6.07, 6.45) is 1.82. The Bertz CT molecular complexity index is 330. The molecular formula is C14H20ClF2N. The van der Waals surface area contributed by atoms with Gasteiger partial charge in [0.25, 0.3) is 5.92 Å². The minimum atomic E-state index is -2.82. The molecule has 102 valence electrons. The van der Waals surface area contributed by atoms with Crippen LogP contribution in [0.2, 0.25) is 0 Å². The van der Waals surface area contributed by atoms with Gasteiger partial charge < -0.3 is 5.32 Å². The molecule has 0 aliphatic carbocycles. The third kappa shape index (κ3) is 4.91. The highest BCUT2D eigenvalue weighted by Crippen LogP contribution is 2.26. The molecular weight excluding hydrogens is 256 g/mol. The minimum Gasteiger partial charge on any atom is -0.311 e. The van der Waals surface area contributed by atoms with Crippen LogP contribution in [-0.2, 0) is 5.92 Å². The second kappa shape index (κ2) is 7.70. The predicted molar refractivity (Wildman–Crippen MR) is 72.3 cm³/mol. The lowest BCUT2D eigenvalue weighted by Gasteiger charge is -2.20. The summed E-state index contributed by atoms with van der Waals surface area (Å²) in [7, 11) is 0. The van der Waals surface area contributed by atoms with E-state index in [1.165, 1.54) is 12.1 Å². The molecule has 0 fully saturated rings. The lowest BCUT2D eigenvalue weighted by atomic mass is 10.0. The molecule has 0 radical (unpaired) electrons. The van der Waals surface area contributed by atoms with Gasteiger partial charge in [-0.25, -0.2) is 0 Å². The van der Waals surface area contributed by atoms with Crippen LogP contribution in [0.25, 0.3) is 0 Å². The molecule has 1 aromatic rings. The van der Waals surface area contributed by atoms with Crippen LogP contribution in [0.15, 0.2) is 30.3 Å². The molecule has 0 aliphatic heterocycles. The number of rotatable bonds is 8. The zero-order valence-electron chi connectivity index (χ0n) is 10.6. The van der Waals surface area contributed by atoms with Gasteiger partial charge in [0, 0.05) is 11.4 Å². The third-order valence-corrected chi connectivity index (χ3v) is 3.29. The average Bonchev–Trinajstić information content (AvgIpc) is 2.38. The highest BCUT2D eigenvalue weighted by atomic mass is 35.5. The molecule has 0 saturated carbocycles. The van der Waals surface area contributed by atoms with Crippen molar-refractivity contribution >= 4 is 11.6 Å². The Balaban J connectivity index is 2.42. The average molecular weight is 276 g/mol. The number of halogens is 3. The summed E-state index contributed by atoms with van der Waals surface area (Å²) in [6.45, 7) is 2.32. The van der Waals surface area contributed by atoms with E-state index in [4.69, 9.17) is 11.6 Å². The molecule has 0 saturated heterocycles. The van der Waals surface area contributed by atoms with Crippen molar-refractivity contribution < 1.29 is 8.78 Å². The van der Waals surface area contributed by atoms with Gasteiger partial charge in [-0.1, -0.05) is 43.7 Å². The Labute approximate surface area is 113 Å². The summed E-state index contributed by atoms with van der Waals surface area (Å²) in [5.74, 6) is -1.87. The highest BCUT2D eigenvalue weighted by molar-refractivity contribution is 6.17. The molecule has 0 bridgehead atoms. The van der Waals surface area contributed by atoms with Crippen LogP contribution in [0.3, 0.4) is 0 Å². The SMILES string of the molecule is CCC(CCCl)CNCC(F)(F)c1ccccc1. The molecule has 4 heteroatoms. The Morgan fingerprint density at radius 1 is 1.28 bits per heavy atom. The summed E-state index contributed by atoms with van der Waals surface area (Å²) in [6, 6.07) is 7.91. The summed E-state index contributed by atoms with van der Waals surface area (Å²) >= 11 is 5.66. The zero-order chi connectivity index (χ0) is 13.4. The number of hydrogen-bond donors (Lipinski definition) is 1. The van der Waals surface area contributed by atoms with Crippen LogP contribution < -0.4 is 5.32 Å². The topological polar surface area (TPSA) is 12.0 Å². The van der Waals surface area contributed by atoms with Crippen LogP contribution in [0.1, 0.15) is 25.3 Å². The molecule has 0 heterocycles. The fraction of sp³-hybridized carbons (Fsp3) is 0.571. The van der Waals surface area contributed by atoms with Gasteiger partial charge in [-0.05, 0) is 18.9 Å². The van der Waals surface area contributed by atoms with Crippen LogP contribution >= 0.6 is 11.6 Å². The maximum atomic E-state index is 13.8. The standard InChI is InChI=1S/C14H20ClF2N/c1-2-12(8-9-15)10-18-11-14(16,17)13-6-4-3-5-7-13/h3-7,12,18H,2,8-11H2,1H3. The van der Waals surface area contributed by atoms with E-state index >= 15 is 0 Å². The Morgan fingerprint density at radius 2 is 1.94 bits per heavy atom. The zero-order valence-corrected chi connectivity index (χ0v) is 11.4. The van der Waals surface area contributed by atoms with Gasteiger partial charge in [0.2, 0.25) is 0 Å².